The molecule has 0 amide bonds. The first kappa shape index (κ1) is 20.5. The molecule has 0 spiro atoms. The van der Waals surface area contributed by atoms with Crippen molar-refractivity contribution in [2.24, 2.45) is 5.41 Å². The third-order valence-corrected chi connectivity index (χ3v) is 3.26. The Morgan fingerprint density at radius 3 is 1.48 bits per heavy atom. The van der Waals surface area contributed by atoms with Gasteiger partial charge in [0.1, 0.15) is 11.6 Å². The summed E-state index contributed by atoms with van der Waals surface area (Å²) < 4.78 is 41.5. The number of carbonyl (C=O) groups is 3. The molecular weight excluding hydrogens is 338 g/mol. The average molecular weight is 358 g/mol. The fourth-order valence-corrected chi connectivity index (χ4v) is 2.25. The van der Waals surface area contributed by atoms with E-state index >= 15 is 0 Å². The standard InChI is InChI=1S/C17H20F2O6/c1-4-23-14(20)17(15(21)24-5-2,16(22)25-6-3)10-11-7-12(18)9-13(19)8-11/h7-9H,4-6,10H2,1-3H3. The van der Waals surface area contributed by atoms with E-state index in [4.69, 9.17) is 14.2 Å². The van der Waals surface area contributed by atoms with Gasteiger partial charge in [0.2, 0.25) is 0 Å². The zero-order valence-electron chi connectivity index (χ0n) is 14.3. The van der Waals surface area contributed by atoms with Gasteiger partial charge < -0.3 is 14.2 Å². The van der Waals surface area contributed by atoms with Gasteiger partial charge >= 0.3 is 17.9 Å². The second-order valence-electron chi connectivity index (χ2n) is 5.02. The van der Waals surface area contributed by atoms with Gasteiger partial charge in [0.25, 0.3) is 5.41 Å². The molecule has 0 N–H and O–H groups in total. The van der Waals surface area contributed by atoms with Crippen LogP contribution in [0.25, 0.3) is 0 Å². The topological polar surface area (TPSA) is 78.9 Å². The first-order valence-electron chi connectivity index (χ1n) is 7.78. The van der Waals surface area contributed by atoms with E-state index in [1.54, 1.807) is 0 Å². The van der Waals surface area contributed by atoms with Crippen LogP contribution in [-0.4, -0.2) is 37.7 Å². The van der Waals surface area contributed by atoms with Crippen LogP contribution in [0.3, 0.4) is 0 Å². The minimum atomic E-state index is -2.50. The van der Waals surface area contributed by atoms with Crippen LogP contribution in [0.5, 0.6) is 0 Å². The maximum absolute atomic E-state index is 13.5. The molecule has 0 heterocycles. The van der Waals surface area contributed by atoms with Gasteiger partial charge in [-0.05, 0) is 38.5 Å². The Labute approximate surface area is 144 Å². The van der Waals surface area contributed by atoms with E-state index in [9.17, 15) is 23.2 Å². The van der Waals surface area contributed by atoms with Gasteiger partial charge in [-0.25, -0.2) is 8.78 Å². The normalized spacial score (nSPS) is 10.9. The van der Waals surface area contributed by atoms with Crippen molar-refractivity contribution >= 4 is 17.9 Å². The highest BCUT2D eigenvalue weighted by atomic mass is 19.1. The molecule has 1 aromatic rings. The minimum absolute atomic E-state index is 0.0911. The van der Waals surface area contributed by atoms with Crippen molar-refractivity contribution in [3.05, 3.63) is 35.4 Å². The van der Waals surface area contributed by atoms with E-state index in [2.05, 4.69) is 0 Å². The molecule has 0 unspecified atom stereocenters. The molecule has 1 rings (SSSR count). The van der Waals surface area contributed by atoms with Gasteiger partial charge in [-0.3, -0.25) is 14.4 Å². The minimum Gasteiger partial charge on any atom is -0.465 e. The second kappa shape index (κ2) is 9.10. The summed E-state index contributed by atoms with van der Waals surface area (Å²) in [6, 6.07) is 2.45. The summed E-state index contributed by atoms with van der Waals surface area (Å²) in [5.41, 5.74) is -2.59. The van der Waals surface area contributed by atoms with Gasteiger partial charge in [0.05, 0.1) is 19.8 Å². The van der Waals surface area contributed by atoms with Crippen LogP contribution in [-0.2, 0) is 35.0 Å². The fraction of sp³-hybridized carbons (Fsp3) is 0.471. The molecule has 0 aliphatic rings. The predicted molar refractivity (Wildman–Crippen MR) is 82.4 cm³/mol. The smallest absolute Gasteiger partial charge is 0.335 e. The Morgan fingerprint density at radius 1 is 0.800 bits per heavy atom. The molecule has 0 fully saturated rings. The van der Waals surface area contributed by atoms with Crippen LogP contribution in [0.2, 0.25) is 0 Å². The van der Waals surface area contributed by atoms with Crippen molar-refractivity contribution in [2.45, 2.75) is 27.2 Å². The zero-order chi connectivity index (χ0) is 19.0. The van der Waals surface area contributed by atoms with Crippen LogP contribution in [0, 0.1) is 17.0 Å². The lowest BCUT2D eigenvalue weighted by atomic mass is 9.81. The molecule has 0 saturated heterocycles. The van der Waals surface area contributed by atoms with Crippen molar-refractivity contribution in [1.82, 2.24) is 0 Å². The van der Waals surface area contributed by atoms with Gasteiger partial charge in [0.15, 0.2) is 0 Å². The molecule has 8 heteroatoms. The van der Waals surface area contributed by atoms with E-state index in [1.807, 2.05) is 0 Å². The number of hydrogen-bond acceptors (Lipinski definition) is 6. The number of ether oxygens (including phenoxy) is 3. The fourth-order valence-electron chi connectivity index (χ4n) is 2.25. The number of carbonyl (C=O) groups excluding carboxylic acids is 3. The monoisotopic (exact) mass is 358 g/mol. The quantitative estimate of drug-likeness (QED) is 0.403. The maximum Gasteiger partial charge on any atom is 0.335 e. The van der Waals surface area contributed by atoms with Crippen molar-refractivity contribution in [3.63, 3.8) is 0 Å². The third-order valence-electron chi connectivity index (χ3n) is 3.26. The number of esters is 3. The van der Waals surface area contributed by atoms with Crippen molar-refractivity contribution in [1.29, 1.82) is 0 Å². The van der Waals surface area contributed by atoms with Crippen molar-refractivity contribution in [3.8, 4) is 0 Å². The first-order chi connectivity index (χ1) is 11.8. The summed E-state index contributed by atoms with van der Waals surface area (Å²) >= 11 is 0. The summed E-state index contributed by atoms with van der Waals surface area (Å²) in [5, 5.41) is 0. The van der Waals surface area contributed by atoms with Gasteiger partial charge in [-0.2, -0.15) is 0 Å². The Kier molecular flexibility index (Phi) is 7.47. The van der Waals surface area contributed by atoms with Crippen molar-refractivity contribution < 1.29 is 37.4 Å². The van der Waals surface area contributed by atoms with E-state index in [-0.39, 0.29) is 25.4 Å². The zero-order valence-corrected chi connectivity index (χ0v) is 14.3. The number of halogens is 2. The summed E-state index contributed by atoms with van der Waals surface area (Å²) in [4.78, 5) is 37.4. The van der Waals surface area contributed by atoms with E-state index in [0.29, 0.717) is 6.07 Å². The van der Waals surface area contributed by atoms with Gasteiger partial charge in [0, 0.05) is 12.5 Å². The first-order valence-corrected chi connectivity index (χ1v) is 7.78. The van der Waals surface area contributed by atoms with Crippen LogP contribution in [0.1, 0.15) is 26.3 Å². The molecule has 25 heavy (non-hydrogen) atoms. The molecule has 0 atom stereocenters. The predicted octanol–water partition coefficient (Wildman–Crippen LogP) is 2.18. The Morgan fingerprint density at radius 2 is 1.16 bits per heavy atom. The Hall–Kier alpha value is -2.51. The third kappa shape index (κ3) is 4.74. The van der Waals surface area contributed by atoms with E-state index in [0.717, 1.165) is 12.1 Å². The summed E-state index contributed by atoms with van der Waals surface area (Å²) in [6.45, 7) is 4.12. The molecule has 6 nitrogen and oxygen atoms in total. The molecule has 0 saturated carbocycles. The van der Waals surface area contributed by atoms with Crippen LogP contribution in [0.4, 0.5) is 8.78 Å². The highest BCUT2D eigenvalue weighted by Crippen LogP contribution is 2.30. The summed E-state index contributed by atoms with van der Waals surface area (Å²) in [5.74, 6) is -5.43. The van der Waals surface area contributed by atoms with Gasteiger partial charge in [-0.15, -0.1) is 0 Å². The van der Waals surface area contributed by atoms with Crippen LogP contribution >= 0.6 is 0 Å². The van der Waals surface area contributed by atoms with E-state index < -0.39 is 41.4 Å². The lowest BCUT2D eigenvalue weighted by molar-refractivity contribution is -0.183. The highest BCUT2D eigenvalue weighted by Gasteiger charge is 2.57. The summed E-state index contributed by atoms with van der Waals surface area (Å²) in [7, 11) is 0. The van der Waals surface area contributed by atoms with Gasteiger partial charge in [-0.1, -0.05) is 0 Å². The lowest BCUT2D eigenvalue weighted by Crippen LogP contribution is -2.51. The average Bonchev–Trinajstić information content (AvgIpc) is 2.52. The Bertz CT molecular complexity index is 578. The molecular formula is C17H20F2O6. The molecule has 0 aliphatic heterocycles. The number of rotatable bonds is 8. The van der Waals surface area contributed by atoms with Crippen LogP contribution in [0.15, 0.2) is 18.2 Å². The van der Waals surface area contributed by atoms with Crippen molar-refractivity contribution in [2.75, 3.05) is 19.8 Å². The second-order valence-corrected chi connectivity index (χ2v) is 5.02. The molecule has 1 aromatic carbocycles. The molecule has 138 valence electrons. The summed E-state index contributed by atoms with van der Waals surface area (Å²) in [6.07, 6.45) is -0.655. The lowest BCUT2D eigenvalue weighted by Gasteiger charge is -2.27. The molecule has 0 bridgehead atoms. The highest BCUT2D eigenvalue weighted by molar-refractivity contribution is 6.18. The molecule has 0 radical (unpaired) electrons. The Balaban J connectivity index is 3.46. The SMILES string of the molecule is CCOC(=O)C(Cc1cc(F)cc(F)c1)(C(=O)OCC)C(=O)OCC. The number of benzene rings is 1. The maximum atomic E-state index is 13.5. The van der Waals surface area contributed by atoms with E-state index in [1.165, 1.54) is 20.8 Å². The number of hydrogen-bond donors (Lipinski definition) is 0. The molecule has 0 aromatic heterocycles. The van der Waals surface area contributed by atoms with Crippen LogP contribution < -0.4 is 0 Å². The largest absolute Gasteiger partial charge is 0.465 e. The molecule has 0 aliphatic carbocycles.